The Labute approximate surface area is 244 Å². The molecule has 0 fully saturated rings. The van der Waals surface area contributed by atoms with Gasteiger partial charge in [0, 0.05) is 17.1 Å². The van der Waals surface area contributed by atoms with Gasteiger partial charge < -0.3 is 4.90 Å². The zero-order chi connectivity index (χ0) is 27.7. The van der Waals surface area contributed by atoms with Gasteiger partial charge in [-0.1, -0.05) is 134 Å². The molecule has 1 aliphatic carbocycles. The first kappa shape index (κ1) is 26.3. The maximum atomic E-state index is 2.43. The van der Waals surface area contributed by atoms with Crippen LogP contribution in [-0.2, 0) is 12.8 Å². The highest BCUT2D eigenvalue weighted by Crippen LogP contribution is 2.40. The molecule has 0 bridgehead atoms. The molecule has 1 nitrogen and oxygen atoms in total. The molecule has 6 rings (SSSR count). The van der Waals surface area contributed by atoms with Gasteiger partial charge in [-0.3, -0.25) is 0 Å². The second kappa shape index (κ2) is 13.0. The van der Waals surface area contributed by atoms with Crippen molar-refractivity contribution in [1.82, 2.24) is 0 Å². The van der Waals surface area contributed by atoms with Crippen molar-refractivity contribution in [1.29, 1.82) is 0 Å². The topological polar surface area (TPSA) is 3.24 Å². The standard InChI is InChI=1S/C40H35N/c1-3-12-32(13-4-1)16-7-8-17-34-24-28-37(29-25-34)41(40-21-11-19-36-18-9-10-20-39(36)40)38-30-26-35(27-31-38)23-22-33-14-5-2-6-15-33/h1-8,11-17,19,21-31H,9-10,18,20H2. The second-order valence-corrected chi connectivity index (χ2v) is 10.5. The van der Waals surface area contributed by atoms with Crippen LogP contribution in [0, 0.1) is 0 Å². The van der Waals surface area contributed by atoms with Gasteiger partial charge in [0.25, 0.3) is 0 Å². The van der Waals surface area contributed by atoms with E-state index in [9.17, 15) is 0 Å². The molecule has 0 spiro atoms. The number of benzene rings is 5. The van der Waals surface area contributed by atoms with Crippen molar-refractivity contribution < 1.29 is 0 Å². The van der Waals surface area contributed by atoms with Crippen molar-refractivity contribution in [2.75, 3.05) is 4.90 Å². The third kappa shape index (κ3) is 6.65. The summed E-state index contributed by atoms with van der Waals surface area (Å²) in [6, 6.07) is 45.5. The fourth-order valence-electron chi connectivity index (χ4n) is 5.52. The molecular weight excluding hydrogens is 494 g/mol. The Hall–Kier alpha value is -4.88. The van der Waals surface area contributed by atoms with E-state index >= 15 is 0 Å². The number of rotatable bonds is 8. The first-order valence-corrected chi connectivity index (χ1v) is 14.6. The third-order valence-corrected chi connectivity index (χ3v) is 7.67. The van der Waals surface area contributed by atoms with Crippen molar-refractivity contribution in [2.45, 2.75) is 25.7 Å². The lowest BCUT2D eigenvalue weighted by molar-refractivity contribution is 0.686. The fourth-order valence-corrected chi connectivity index (χ4v) is 5.52. The maximum absolute atomic E-state index is 2.43. The summed E-state index contributed by atoms with van der Waals surface area (Å²) in [6.45, 7) is 0. The number of anilines is 3. The molecule has 0 saturated heterocycles. The Balaban J connectivity index is 1.29. The SMILES string of the molecule is C(C=Cc1ccc(N(c2ccc(C=Cc3ccccc3)cc2)c2cccc3c2CCCC3)cc1)=Cc1ccccc1. The largest absolute Gasteiger partial charge is 0.310 e. The molecular formula is C40H35N. The van der Waals surface area contributed by atoms with Gasteiger partial charge in [-0.2, -0.15) is 0 Å². The van der Waals surface area contributed by atoms with Gasteiger partial charge in [0.15, 0.2) is 0 Å². The van der Waals surface area contributed by atoms with Crippen LogP contribution in [0.25, 0.3) is 24.3 Å². The predicted octanol–water partition coefficient (Wildman–Crippen LogP) is 10.9. The molecule has 0 aromatic heterocycles. The Morgan fingerprint density at radius 3 is 1.49 bits per heavy atom. The molecule has 5 aromatic carbocycles. The van der Waals surface area contributed by atoms with E-state index in [2.05, 4.69) is 163 Å². The Morgan fingerprint density at radius 2 is 0.902 bits per heavy atom. The number of hydrogen-bond acceptors (Lipinski definition) is 1. The van der Waals surface area contributed by atoms with Crippen LogP contribution in [0.5, 0.6) is 0 Å². The zero-order valence-corrected chi connectivity index (χ0v) is 23.4. The summed E-state index contributed by atoms with van der Waals surface area (Å²) in [4.78, 5) is 2.43. The summed E-state index contributed by atoms with van der Waals surface area (Å²) < 4.78 is 0. The highest BCUT2D eigenvalue weighted by atomic mass is 15.1. The van der Waals surface area contributed by atoms with Crippen LogP contribution in [-0.4, -0.2) is 0 Å². The Morgan fingerprint density at radius 1 is 0.415 bits per heavy atom. The summed E-state index contributed by atoms with van der Waals surface area (Å²) in [5.41, 5.74) is 11.4. The van der Waals surface area contributed by atoms with Gasteiger partial charge in [0.1, 0.15) is 0 Å². The molecule has 1 aliphatic rings. The van der Waals surface area contributed by atoms with Crippen LogP contribution < -0.4 is 4.90 Å². The van der Waals surface area contributed by atoms with Crippen molar-refractivity contribution in [2.24, 2.45) is 0 Å². The molecule has 0 heterocycles. The van der Waals surface area contributed by atoms with Crippen molar-refractivity contribution >= 4 is 41.4 Å². The van der Waals surface area contributed by atoms with Gasteiger partial charge in [-0.25, -0.2) is 0 Å². The molecule has 0 amide bonds. The van der Waals surface area contributed by atoms with Crippen LogP contribution in [0.2, 0.25) is 0 Å². The lowest BCUT2D eigenvalue weighted by Gasteiger charge is -2.30. The van der Waals surface area contributed by atoms with Crippen molar-refractivity contribution in [3.63, 3.8) is 0 Å². The van der Waals surface area contributed by atoms with E-state index in [1.165, 1.54) is 69.7 Å². The molecule has 200 valence electrons. The van der Waals surface area contributed by atoms with Crippen LogP contribution in [0.15, 0.2) is 140 Å². The van der Waals surface area contributed by atoms with Crippen LogP contribution >= 0.6 is 0 Å². The molecule has 0 N–H and O–H groups in total. The Bertz CT molecular complexity index is 1640. The van der Waals surface area contributed by atoms with E-state index in [4.69, 9.17) is 0 Å². The zero-order valence-electron chi connectivity index (χ0n) is 23.4. The smallest absolute Gasteiger partial charge is 0.0496 e. The normalized spacial score (nSPS) is 13.2. The van der Waals surface area contributed by atoms with E-state index in [1.807, 2.05) is 6.07 Å². The fraction of sp³-hybridized carbons (Fsp3) is 0.100. The van der Waals surface area contributed by atoms with E-state index < -0.39 is 0 Å². The summed E-state index contributed by atoms with van der Waals surface area (Å²) in [7, 11) is 0. The molecule has 41 heavy (non-hydrogen) atoms. The average molecular weight is 530 g/mol. The van der Waals surface area contributed by atoms with Gasteiger partial charge in [0.2, 0.25) is 0 Å². The van der Waals surface area contributed by atoms with Gasteiger partial charge in [-0.05, 0) is 89.4 Å². The van der Waals surface area contributed by atoms with E-state index in [1.54, 1.807) is 0 Å². The van der Waals surface area contributed by atoms with Gasteiger partial charge in [0.05, 0.1) is 0 Å². The minimum absolute atomic E-state index is 1.13. The summed E-state index contributed by atoms with van der Waals surface area (Å²) in [6.07, 6.45) is 17.7. The molecule has 0 atom stereocenters. The van der Waals surface area contributed by atoms with Crippen molar-refractivity contribution in [3.05, 3.63) is 173 Å². The lowest BCUT2D eigenvalue weighted by Crippen LogP contribution is -2.15. The molecule has 0 aliphatic heterocycles. The summed E-state index contributed by atoms with van der Waals surface area (Å²) in [5.74, 6) is 0. The number of hydrogen-bond donors (Lipinski definition) is 0. The molecule has 0 radical (unpaired) electrons. The highest BCUT2D eigenvalue weighted by Gasteiger charge is 2.20. The summed E-state index contributed by atoms with van der Waals surface area (Å²) in [5, 5.41) is 0. The average Bonchev–Trinajstić information content (AvgIpc) is 3.05. The van der Waals surface area contributed by atoms with Crippen LogP contribution in [0.3, 0.4) is 0 Å². The highest BCUT2D eigenvalue weighted by molar-refractivity contribution is 5.81. The number of fused-ring (bicyclic) bond motifs is 1. The number of nitrogens with zero attached hydrogens (tertiary/aromatic N) is 1. The molecule has 5 aromatic rings. The second-order valence-electron chi connectivity index (χ2n) is 10.5. The summed E-state index contributed by atoms with van der Waals surface area (Å²) >= 11 is 0. The number of allylic oxidation sites excluding steroid dienone is 2. The first-order valence-electron chi connectivity index (χ1n) is 14.6. The van der Waals surface area contributed by atoms with E-state index in [-0.39, 0.29) is 0 Å². The van der Waals surface area contributed by atoms with Crippen molar-refractivity contribution in [3.8, 4) is 0 Å². The molecule has 0 saturated carbocycles. The number of aryl methyl sites for hydroxylation is 1. The lowest BCUT2D eigenvalue weighted by atomic mass is 9.90. The third-order valence-electron chi connectivity index (χ3n) is 7.67. The maximum Gasteiger partial charge on any atom is 0.0496 e. The quantitative estimate of drug-likeness (QED) is 0.143. The van der Waals surface area contributed by atoms with Gasteiger partial charge >= 0.3 is 0 Å². The Kier molecular flexibility index (Phi) is 8.34. The van der Waals surface area contributed by atoms with E-state index in [0.29, 0.717) is 0 Å². The van der Waals surface area contributed by atoms with Crippen LogP contribution in [0.4, 0.5) is 17.1 Å². The van der Waals surface area contributed by atoms with Gasteiger partial charge in [-0.15, -0.1) is 0 Å². The first-order chi connectivity index (χ1) is 20.3. The minimum atomic E-state index is 1.13. The predicted molar refractivity (Wildman–Crippen MR) is 178 cm³/mol. The molecule has 1 heteroatoms. The monoisotopic (exact) mass is 529 g/mol. The molecule has 0 unspecified atom stereocenters. The minimum Gasteiger partial charge on any atom is -0.310 e. The van der Waals surface area contributed by atoms with Crippen LogP contribution in [0.1, 0.15) is 46.2 Å². The van der Waals surface area contributed by atoms with E-state index in [0.717, 1.165) is 6.42 Å².